The maximum Gasteiger partial charge on any atom is 0.408 e. The van der Waals surface area contributed by atoms with E-state index < -0.39 is 41.6 Å². The van der Waals surface area contributed by atoms with Crippen molar-refractivity contribution in [1.82, 2.24) is 10.2 Å². The SMILES string of the molecule is Cc1cccc(C)c1NC(=O)C(c1ccc(O)cc1)N(C(=O)C(Cc1ccc(O)cc1)NC(=O)OC(C)(C)C)C(C)CCC(C)C. The average molecular weight is 632 g/mol. The van der Waals surface area contributed by atoms with Crippen LogP contribution in [0.5, 0.6) is 11.5 Å². The zero-order chi connectivity index (χ0) is 34.2. The molecule has 9 heteroatoms. The lowest BCUT2D eigenvalue weighted by Gasteiger charge is -2.39. The standard InChI is InChI=1S/C37H49N3O6/c1-23(2)12-13-26(5)40(35(44)31(38-36(45)46-37(6,7)8)22-27-14-18-29(41)19-15-27)33(28-16-20-30(42)21-17-28)34(43)39-32-24(3)10-9-11-25(32)4/h9-11,14-21,23,26,31,33,41-42H,12-13,22H2,1-8H3,(H,38,45)(H,39,43). The average Bonchev–Trinajstić information content (AvgIpc) is 2.96. The molecule has 0 aliphatic rings. The summed E-state index contributed by atoms with van der Waals surface area (Å²) in [6.45, 7) is 15.1. The fourth-order valence-corrected chi connectivity index (χ4v) is 5.31. The second kappa shape index (κ2) is 15.7. The molecule has 0 bridgehead atoms. The molecule has 0 aliphatic heterocycles. The number of benzene rings is 3. The van der Waals surface area contributed by atoms with Gasteiger partial charge in [0.25, 0.3) is 5.91 Å². The number of nitrogens with zero attached hydrogens (tertiary/aromatic N) is 1. The summed E-state index contributed by atoms with van der Waals surface area (Å²) in [5.74, 6) is -0.438. The Morgan fingerprint density at radius 3 is 1.89 bits per heavy atom. The fraction of sp³-hybridized carbons (Fsp3) is 0.432. The number of phenolic OH excluding ortho intramolecular Hbond substituents is 2. The Morgan fingerprint density at radius 2 is 1.37 bits per heavy atom. The van der Waals surface area contributed by atoms with Crippen LogP contribution < -0.4 is 10.6 Å². The molecule has 9 nitrogen and oxygen atoms in total. The molecule has 248 valence electrons. The minimum atomic E-state index is -1.10. The summed E-state index contributed by atoms with van der Waals surface area (Å²) in [6.07, 6.45) is 0.730. The molecule has 0 saturated heterocycles. The summed E-state index contributed by atoms with van der Waals surface area (Å²) in [5, 5.41) is 25.8. The van der Waals surface area contributed by atoms with Crippen molar-refractivity contribution < 1.29 is 29.3 Å². The molecule has 0 radical (unpaired) electrons. The Kier molecular flexibility index (Phi) is 12.2. The van der Waals surface area contributed by atoms with Crippen LogP contribution in [0, 0.1) is 19.8 Å². The zero-order valence-corrected chi connectivity index (χ0v) is 28.3. The van der Waals surface area contributed by atoms with E-state index in [1.165, 1.54) is 24.3 Å². The number of aromatic hydroxyl groups is 2. The van der Waals surface area contributed by atoms with Crippen LogP contribution in [0.4, 0.5) is 10.5 Å². The van der Waals surface area contributed by atoms with Crippen LogP contribution in [-0.2, 0) is 20.7 Å². The largest absolute Gasteiger partial charge is 0.508 e. The van der Waals surface area contributed by atoms with E-state index in [1.807, 2.05) is 39.0 Å². The predicted octanol–water partition coefficient (Wildman–Crippen LogP) is 7.18. The highest BCUT2D eigenvalue weighted by molar-refractivity contribution is 6.00. The summed E-state index contributed by atoms with van der Waals surface area (Å²) < 4.78 is 5.54. The van der Waals surface area contributed by atoms with Crippen molar-refractivity contribution in [3.63, 3.8) is 0 Å². The van der Waals surface area contributed by atoms with Crippen LogP contribution in [0.25, 0.3) is 0 Å². The predicted molar refractivity (Wildman–Crippen MR) is 181 cm³/mol. The summed E-state index contributed by atoms with van der Waals surface area (Å²) >= 11 is 0. The normalized spacial score (nSPS) is 13.4. The number of amides is 3. The van der Waals surface area contributed by atoms with Gasteiger partial charge in [0.05, 0.1) is 0 Å². The van der Waals surface area contributed by atoms with Crippen LogP contribution in [-0.4, -0.2) is 50.7 Å². The van der Waals surface area contributed by atoms with Gasteiger partial charge >= 0.3 is 6.09 Å². The quantitative estimate of drug-likeness (QED) is 0.168. The molecule has 3 aromatic rings. The molecule has 3 unspecified atom stereocenters. The summed E-state index contributed by atoms with van der Waals surface area (Å²) in [4.78, 5) is 43.9. The van der Waals surface area contributed by atoms with Crippen molar-refractivity contribution in [2.24, 2.45) is 5.92 Å². The second-order valence-electron chi connectivity index (χ2n) is 13.4. The van der Waals surface area contributed by atoms with Crippen molar-refractivity contribution in [1.29, 1.82) is 0 Å². The molecular formula is C37H49N3O6. The van der Waals surface area contributed by atoms with Crippen molar-refractivity contribution in [2.45, 2.75) is 98.4 Å². The third-order valence-corrected chi connectivity index (χ3v) is 7.72. The monoisotopic (exact) mass is 631 g/mol. The summed E-state index contributed by atoms with van der Waals surface area (Å²) in [5.41, 5.74) is 2.81. The van der Waals surface area contributed by atoms with E-state index in [0.717, 1.165) is 17.5 Å². The van der Waals surface area contributed by atoms with Crippen molar-refractivity contribution in [3.8, 4) is 11.5 Å². The summed E-state index contributed by atoms with van der Waals surface area (Å²) in [7, 11) is 0. The Bertz CT molecular complexity index is 1460. The number of anilines is 1. The second-order valence-corrected chi connectivity index (χ2v) is 13.4. The van der Waals surface area contributed by atoms with E-state index in [9.17, 15) is 24.6 Å². The van der Waals surface area contributed by atoms with Gasteiger partial charge in [0.1, 0.15) is 29.2 Å². The Morgan fingerprint density at radius 1 is 0.826 bits per heavy atom. The maximum atomic E-state index is 14.9. The van der Waals surface area contributed by atoms with E-state index in [1.54, 1.807) is 49.9 Å². The van der Waals surface area contributed by atoms with Crippen LogP contribution >= 0.6 is 0 Å². The van der Waals surface area contributed by atoms with E-state index in [-0.39, 0.29) is 17.9 Å². The van der Waals surface area contributed by atoms with Gasteiger partial charge in [0, 0.05) is 18.2 Å². The molecule has 46 heavy (non-hydrogen) atoms. The Balaban J connectivity index is 2.16. The first-order valence-electron chi connectivity index (χ1n) is 15.8. The van der Waals surface area contributed by atoms with Gasteiger partial charge in [-0.25, -0.2) is 4.79 Å². The number of rotatable bonds is 12. The van der Waals surface area contributed by atoms with E-state index >= 15 is 0 Å². The van der Waals surface area contributed by atoms with Gasteiger partial charge in [0.15, 0.2) is 0 Å². The van der Waals surface area contributed by atoms with Gasteiger partial charge < -0.3 is 30.5 Å². The number of carbonyl (C=O) groups excluding carboxylic acids is 3. The van der Waals surface area contributed by atoms with Gasteiger partial charge in [-0.2, -0.15) is 0 Å². The molecule has 0 heterocycles. The van der Waals surface area contributed by atoms with Crippen molar-refractivity contribution in [3.05, 3.63) is 89.0 Å². The number of hydrogen-bond donors (Lipinski definition) is 4. The number of nitrogens with one attached hydrogen (secondary N) is 2. The molecule has 0 spiro atoms. The van der Waals surface area contributed by atoms with Crippen LogP contribution in [0.3, 0.4) is 0 Å². The minimum absolute atomic E-state index is 0.0280. The van der Waals surface area contributed by atoms with Crippen LogP contribution in [0.15, 0.2) is 66.7 Å². The number of hydrogen-bond acceptors (Lipinski definition) is 6. The van der Waals surface area contributed by atoms with E-state index in [4.69, 9.17) is 4.74 Å². The Labute approximate surface area is 273 Å². The van der Waals surface area contributed by atoms with Gasteiger partial charge in [0.2, 0.25) is 5.91 Å². The maximum absolute atomic E-state index is 14.9. The molecule has 0 aliphatic carbocycles. The van der Waals surface area contributed by atoms with Crippen molar-refractivity contribution in [2.75, 3.05) is 5.32 Å². The highest BCUT2D eigenvalue weighted by Crippen LogP contribution is 2.31. The van der Waals surface area contributed by atoms with Crippen LogP contribution in [0.1, 0.15) is 82.7 Å². The van der Waals surface area contributed by atoms with Gasteiger partial charge in [-0.1, -0.05) is 56.3 Å². The number of alkyl carbamates (subject to hydrolysis) is 1. The highest BCUT2D eigenvalue weighted by Gasteiger charge is 2.39. The van der Waals surface area contributed by atoms with E-state index in [2.05, 4.69) is 24.5 Å². The molecule has 3 amide bonds. The van der Waals surface area contributed by atoms with E-state index in [0.29, 0.717) is 29.2 Å². The Hall–Kier alpha value is -4.53. The number of para-hydroxylation sites is 1. The van der Waals surface area contributed by atoms with Gasteiger partial charge in [-0.05, 0) is 107 Å². The number of ether oxygens (including phenoxy) is 1. The third kappa shape index (κ3) is 10.3. The first kappa shape index (κ1) is 35.9. The molecular weight excluding hydrogens is 582 g/mol. The molecule has 4 N–H and O–H groups in total. The first-order chi connectivity index (χ1) is 21.6. The lowest BCUT2D eigenvalue weighted by molar-refractivity contribution is -0.143. The molecule has 0 aromatic heterocycles. The lowest BCUT2D eigenvalue weighted by Crippen LogP contribution is -2.55. The number of phenols is 2. The molecule has 3 atom stereocenters. The minimum Gasteiger partial charge on any atom is -0.508 e. The molecule has 0 saturated carbocycles. The highest BCUT2D eigenvalue weighted by atomic mass is 16.6. The number of carbonyl (C=O) groups is 3. The van der Waals surface area contributed by atoms with Crippen LogP contribution in [0.2, 0.25) is 0 Å². The topological polar surface area (TPSA) is 128 Å². The molecule has 3 rings (SSSR count). The van der Waals surface area contributed by atoms with Gasteiger partial charge in [-0.3, -0.25) is 9.59 Å². The zero-order valence-electron chi connectivity index (χ0n) is 28.3. The molecule has 0 fully saturated rings. The third-order valence-electron chi connectivity index (χ3n) is 7.72. The lowest BCUT2D eigenvalue weighted by atomic mass is 9.95. The van der Waals surface area contributed by atoms with Crippen molar-refractivity contribution >= 4 is 23.6 Å². The smallest absolute Gasteiger partial charge is 0.408 e. The number of aryl methyl sites for hydroxylation is 2. The fourth-order valence-electron chi connectivity index (χ4n) is 5.31. The molecule has 3 aromatic carbocycles. The summed E-state index contributed by atoms with van der Waals surface area (Å²) in [6, 6.07) is 15.8. The first-order valence-corrected chi connectivity index (χ1v) is 15.8. The van der Waals surface area contributed by atoms with Gasteiger partial charge in [-0.15, -0.1) is 0 Å².